The molecule has 0 heterocycles. The van der Waals surface area contributed by atoms with Gasteiger partial charge in [-0.3, -0.25) is 4.79 Å². The van der Waals surface area contributed by atoms with E-state index in [1.165, 1.54) is 12.1 Å². The highest BCUT2D eigenvalue weighted by Gasteiger charge is 2.20. The molecule has 0 fully saturated rings. The van der Waals surface area contributed by atoms with E-state index in [-0.39, 0.29) is 20.8 Å². The van der Waals surface area contributed by atoms with E-state index >= 15 is 0 Å². The van der Waals surface area contributed by atoms with E-state index in [9.17, 15) is 9.59 Å². The maximum absolute atomic E-state index is 11.3. The summed E-state index contributed by atoms with van der Waals surface area (Å²) in [7, 11) is 0. The van der Waals surface area contributed by atoms with Crippen molar-refractivity contribution in [2.75, 3.05) is 0 Å². The van der Waals surface area contributed by atoms with Crippen molar-refractivity contribution in [1.82, 2.24) is 0 Å². The first kappa shape index (κ1) is 15.1. The molecule has 1 unspecified atom stereocenters. The molecule has 0 saturated heterocycles. The standard InChI is InChI=1S/C11H8Cl3O4/c1-5(11(16)18-6(2)15)17-10-4-8(13)7(12)3-9(10)14/h3-5H,1H2,2H3. The molecular formula is C11H8Cl3O4. The Kier molecular flexibility index (Phi) is 5.26. The zero-order chi connectivity index (χ0) is 13.9. The van der Waals surface area contributed by atoms with Crippen LogP contribution in [0.15, 0.2) is 12.1 Å². The van der Waals surface area contributed by atoms with Gasteiger partial charge in [-0.15, -0.1) is 0 Å². The monoisotopic (exact) mass is 309 g/mol. The third-order valence-electron chi connectivity index (χ3n) is 1.75. The Morgan fingerprint density at radius 1 is 1.17 bits per heavy atom. The highest BCUT2D eigenvalue weighted by Crippen LogP contribution is 2.34. The number of esters is 2. The second-order valence-electron chi connectivity index (χ2n) is 3.22. The van der Waals surface area contributed by atoms with Crippen LogP contribution in [0.3, 0.4) is 0 Å². The summed E-state index contributed by atoms with van der Waals surface area (Å²) in [5, 5.41) is 0.623. The van der Waals surface area contributed by atoms with Crippen LogP contribution < -0.4 is 4.74 Å². The first-order valence-electron chi connectivity index (χ1n) is 4.67. The number of ether oxygens (including phenoxy) is 2. The van der Waals surface area contributed by atoms with E-state index in [4.69, 9.17) is 39.5 Å². The molecule has 0 aliphatic heterocycles. The topological polar surface area (TPSA) is 52.6 Å². The van der Waals surface area contributed by atoms with Gasteiger partial charge in [-0.2, -0.15) is 0 Å². The van der Waals surface area contributed by atoms with Crippen LogP contribution in [0.2, 0.25) is 15.1 Å². The lowest BCUT2D eigenvalue weighted by Crippen LogP contribution is -2.28. The van der Waals surface area contributed by atoms with Gasteiger partial charge in [-0.25, -0.2) is 4.79 Å². The predicted octanol–water partition coefficient (Wildman–Crippen LogP) is 3.32. The molecule has 1 atom stereocenters. The maximum atomic E-state index is 11.3. The number of hydrogen-bond donors (Lipinski definition) is 0. The van der Waals surface area contributed by atoms with Crippen molar-refractivity contribution < 1.29 is 19.1 Å². The number of hydrogen-bond acceptors (Lipinski definition) is 4. The molecule has 1 aromatic rings. The lowest BCUT2D eigenvalue weighted by molar-refractivity contribution is -0.161. The van der Waals surface area contributed by atoms with Crippen LogP contribution in [0.25, 0.3) is 0 Å². The fourth-order valence-electron chi connectivity index (χ4n) is 1.00. The van der Waals surface area contributed by atoms with Gasteiger partial charge < -0.3 is 9.47 Å². The Hall–Kier alpha value is -0.970. The van der Waals surface area contributed by atoms with E-state index in [1.807, 2.05) is 0 Å². The molecular weight excluding hydrogens is 302 g/mol. The van der Waals surface area contributed by atoms with E-state index in [1.54, 1.807) is 0 Å². The number of rotatable bonds is 3. The first-order chi connectivity index (χ1) is 8.31. The summed E-state index contributed by atoms with van der Waals surface area (Å²) in [6.07, 6.45) is -1.25. The summed E-state index contributed by atoms with van der Waals surface area (Å²) in [6.45, 7) is 4.49. The van der Waals surface area contributed by atoms with Crippen LogP contribution in [0.4, 0.5) is 0 Å². The second-order valence-corrected chi connectivity index (χ2v) is 4.44. The van der Waals surface area contributed by atoms with Crippen molar-refractivity contribution >= 4 is 46.7 Å². The molecule has 1 rings (SSSR count). The molecule has 7 heteroatoms. The fourth-order valence-corrected chi connectivity index (χ4v) is 1.58. The Morgan fingerprint density at radius 3 is 2.28 bits per heavy atom. The Bertz CT molecular complexity index is 487. The highest BCUT2D eigenvalue weighted by molar-refractivity contribution is 6.43. The van der Waals surface area contributed by atoms with Gasteiger partial charge in [0, 0.05) is 13.0 Å². The molecule has 0 bridgehead atoms. The Balaban J connectivity index is 2.81. The largest absolute Gasteiger partial charge is 0.477 e. The van der Waals surface area contributed by atoms with Gasteiger partial charge in [-0.1, -0.05) is 34.8 Å². The minimum absolute atomic E-state index is 0.117. The summed E-state index contributed by atoms with van der Waals surface area (Å²) in [6, 6.07) is 2.70. The average Bonchev–Trinajstić information content (AvgIpc) is 2.24. The molecule has 0 aliphatic rings. The van der Waals surface area contributed by atoms with Crippen molar-refractivity contribution in [1.29, 1.82) is 0 Å². The first-order valence-corrected chi connectivity index (χ1v) is 5.81. The van der Waals surface area contributed by atoms with Gasteiger partial charge in [0.05, 0.1) is 15.1 Å². The van der Waals surface area contributed by atoms with Gasteiger partial charge in [0.15, 0.2) is 6.10 Å². The molecule has 0 aromatic heterocycles. The van der Waals surface area contributed by atoms with Crippen molar-refractivity contribution in [2.45, 2.75) is 13.0 Å². The van der Waals surface area contributed by atoms with Crippen molar-refractivity contribution in [3.05, 3.63) is 34.1 Å². The summed E-state index contributed by atoms with van der Waals surface area (Å²) in [4.78, 5) is 21.9. The highest BCUT2D eigenvalue weighted by atomic mass is 35.5. The van der Waals surface area contributed by atoms with Gasteiger partial charge in [-0.05, 0) is 13.0 Å². The number of benzene rings is 1. The molecule has 1 aromatic carbocycles. The smallest absolute Gasteiger partial charge is 0.354 e. The second kappa shape index (κ2) is 6.27. The van der Waals surface area contributed by atoms with Crippen LogP contribution in [-0.4, -0.2) is 18.0 Å². The number of halogens is 3. The number of carbonyl (C=O) groups is 2. The van der Waals surface area contributed by atoms with E-state index in [0.717, 1.165) is 6.92 Å². The normalized spacial score (nSPS) is 11.8. The number of carbonyl (C=O) groups excluding carboxylic acids is 2. The SMILES string of the molecule is [CH2]C(Oc1cc(Cl)c(Cl)cc1Cl)C(=O)OC(C)=O. The summed E-state index contributed by atoms with van der Waals surface area (Å²) < 4.78 is 9.44. The lowest BCUT2D eigenvalue weighted by Gasteiger charge is -2.14. The molecule has 97 valence electrons. The van der Waals surface area contributed by atoms with E-state index < -0.39 is 18.0 Å². The summed E-state index contributed by atoms with van der Waals surface area (Å²) in [5.41, 5.74) is 0. The third kappa shape index (κ3) is 4.05. The minimum Gasteiger partial charge on any atom is -0.477 e. The fraction of sp³-hybridized carbons (Fsp3) is 0.182. The Morgan fingerprint density at radius 2 is 1.72 bits per heavy atom. The van der Waals surface area contributed by atoms with Crippen molar-refractivity contribution in [3.8, 4) is 5.75 Å². The van der Waals surface area contributed by atoms with Crippen LogP contribution >= 0.6 is 34.8 Å². The van der Waals surface area contributed by atoms with Gasteiger partial charge >= 0.3 is 11.9 Å². The molecule has 1 radical (unpaired) electrons. The maximum Gasteiger partial charge on any atom is 0.354 e. The van der Waals surface area contributed by atoms with E-state index in [0.29, 0.717) is 0 Å². The van der Waals surface area contributed by atoms with Crippen LogP contribution in [0.5, 0.6) is 5.75 Å². The molecule has 0 amide bonds. The molecule has 18 heavy (non-hydrogen) atoms. The minimum atomic E-state index is -1.25. The quantitative estimate of drug-likeness (QED) is 0.488. The zero-order valence-corrected chi connectivity index (χ0v) is 11.5. The molecule has 0 saturated carbocycles. The third-order valence-corrected chi connectivity index (χ3v) is 2.77. The molecule has 0 aliphatic carbocycles. The molecule has 0 spiro atoms. The van der Waals surface area contributed by atoms with Gasteiger partial charge in [0.2, 0.25) is 0 Å². The predicted molar refractivity (Wildman–Crippen MR) is 68.0 cm³/mol. The van der Waals surface area contributed by atoms with Crippen molar-refractivity contribution in [2.24, 2.45) is 0 Å². The summed E-state index contributed by atoms with van der Waals surface area (Å²) >= 11 is 17.3. The zero-order valence-electron chi connectivity index (χ0n) is 9.21. The summed E-state index contributed by atoms with van der Waals surface area (Å²) in [5.74, 6) is -1.56. The van der Waals surface area contributed by atoms with Crippen LogP contribution in [-0.2, 0) is 14.3 Å². The average molecular weight is 311 g/mol. The lowest BCUT2D eigenvalue weighted by atomic mass is 10.3. The van der Waals surface area contributed by atoms with Gasteiger partial charge in [0.1, 0.15) is 5.75 Å². The van der Waals surface area contributed by atoms with Crippen LogP contribution in [0, 0.1) is 6.92 Å². The van der Waals surface area contributed by atoms with Crippen LogP contribution in [0.1, 0.15) is 6.92 Å². The molecule has 0 N–H and O–H groups in total. The van der Waals surface area contributed by atoms with Crippen molar-refractivity contribution in [3.63, 3.8) is 0 Å². The van der Waals surface area contributed by atoms with Gasteiger partial charge in [0.25, 0.3) is 0 Å². The molecule has 4 nitrogen and oxygen atoms in total. The van der Waals surface area contributed by atoms with E-state index in [2.05, 4.69) is 11.7 Å². The Labute approximate surface area is 119 Å².